The molecule has 0 saturated heterocycles. The van der Waals surface area contributed by atoms with Gasteiger partial charge in [0.05, 0.1) is 6.61 Å². The number of hydrogen-bond acceptors (Lipinski definition) is 2. The number of carbonyl (C=O) groups is 1. The van der Waals surface area contributed by atoms with Gasteiger partial charge in [0.15, 0.2) is 0 Å². The standard InChI is InChI=1S/C16H22O2/c1-11-7-15(9-13(3)17)16(8-12(11)2)18-10-14-5-4-6-14/h7-8,14H,4-6,9-10H2,1-3H3. The summed E-state index contributed by atoms with van der Waals surface area (Å²) in [7, 11) is 0. The normalized spacial score (nSPS) is 15.3. The third-order valence-electron chi connectivity index (χ3n) is 3.82. The Morgan fingerprint density at radius 1 is 1.28 bits per heavy atom. The number of carbonyl (C=O) groups excluding carboxylic acids is 1. The lowest BCUT2D eigenvalue weighted by molar-refractivity contribution is -0.116. The van der Waals surface area contributed by atoms with Crippen molar-refractivity contribution in [3.63, 3.8) is 0 Å². The molecular formula is C16H22O2. The molecule has 18 heavy (non-hydrogen) atoms. The minimum absolute atomic E-state index is 0.187. The van der Waals surface area contributed by atoms with Gasteiger partial charge < -0.3 is 4.74 Å². The number of benzene rings is 1. The molecule has 1 aromatic rings. The van der Waals surface area contributed by atoms with Crippen LogP contribution in [0, 0.1) is 19.8 Å². The summed E-state index contributed by atoms with van der Waals surface area (Å²) in [5, 5.41) is 0. The van der Waals surface area contributed by atoms with Gasteiger partial charge in [0, 0.05) is 12.0 Å². The zero-order valence-corrected chi connectivity index (χ0v) is 11.6. The van der Waals surface area contributed by atoms with E-state index in [4.69, 9.17) is 4.74 Å². The van der Waals surface area contributed by atoms with E-state index in [9.17, 15) is 4.79 Å². The van der Waals surface area contributed by atoms with E-state index in [1.807, 2.05) is 0 Å². The van der Waals surface area contributed by atoms with Gasteiger partial charge in [-0.1, -0.05) is 12.5 Å². The van der Waals surface area contributed by atoms with Crippen LogP contribution in [-0.4, -0.2) is 12.4 Å². The van der Waals surface area contributed by atoms with Crippen molar-refractivity contribution in [1.82, 2.24) is 0 Å². The molecule has 0 unspecified atom stereocenters. The zero-order chi connectivity index (χ0) is 13.1. The molecule has 0 atom stereocenters. The minimum atomic E-state index is 0.187. The zero-order valence-electron chi connectivity index (χ0n) is 11.6. The number of ketones is 1. The molecule has 1 aliphatic carbocycles. The Hall–Kier alpha value is -1.31. The first kappa shape index (κ1) is 13.1. The van der Waals surface area contributed by atoms with Crippen molar-refractivity contribution >= 4 is 5.78 Å². The predicted octanol–water partition coefficient (Wildman–Crippen LogP) is 3.61. The molecule has 0 bridgehead atoms. The average Bonchev–Trinajstić information content (AvgIpc) is 2.21. The fourth-order valence-electron chi connectivity index (χ4n) is 2.26. The van der Waals surface area contributed by atoms with E-state index in [1.165, 1.54) is 30.4 Å². The molecule has 0 N–H and O–H groups in total. The Morgan fingerprint density at radius 3 is 2.50 bits per heavy atom. The molecule has 1 aromatic carbocycles. The van der Waals surface area contributed by atoms with Crippen molar-refractivity contribution in [2.24, 2.45) is 5.92 Å². The lowest BCUT2D eigenvalue weighted by Crippen LogP contribution is -2.20. The van der Waals surface area contributed by atoms with E-state index in [0.717, 1.165) is 23.8 Å². The summed E-state index contributed by atoms with van der Waals surface area (Å²) >= 11 is 0. The molecule has 1 fully saturated rings. The number of ether oxygens (including phenoxy) is 1. The molecule has 0 aromatic heterocycles. The van der Waals surface area contributed by atoms with Crippen molar-refractivity contribution < 1.29 is 9.53 Å². The maximum Gasteiger partial charge on any atom is 0.134 e. The lowest BCUT2D eigenvalue weighted by atomic mass is 9.86. The predicted molar refractivity (Wildman–Crippen MR) is 73.1 cm³/mol. The van der Waals surface area contributed by atoms with Crippen LogP contribution >= 0.6 is 0 Å². The summed E-state index contributed by atoms with van der Waals surface area (Å²) in [6.07, 6.45) is 4.38. The summed E-state index contributed by atoms with van der Waals surface area (Å²) in [5.41, 5.74) is 3.48. The summed E-state index contributed by atoms with van der Waals surface area (Å²) in [6, 6.07) is 4.17. The second-order valence-electron chi connectivity index (χ2n) is 5.53. The molecule has 2 nitrogen and oxygen atoms in total. The van der Waals surface area contributed by atoms with Crippen molar-refractivity contribution in [3.05, 3.63) is 28.8 Å². The van der Waals surface area contributed by atoms with Crippen LogP contribution in [-0.2, 0) is 11.2 Å². The second kappa shape index (κ2) is 5.55. The van der Waals surface area contributed by atoms with Gasteiger partial charge in [0.25, 0.3) is 0 Å². The maximum absolute atomic E-state index is 11.3. The van der Waals surface area contributed by atoms with Crippen LogP contribution in [0.2, 0.25) is 0 Å². The van der Waals surface area contributed by atoms with Gasteiger partial charge in [0.1, 0.15) is 11.5 Å². The Bertz CT molecular complexity index is 445. The van der Waals surface area contributed by atoms with E-state index < -0.39 is 0 Å². The molecule has 1 aliphatic rings. The van der Waals surface area contributed by atoms with E-state index >= 15 is 0 Å². The highest BCUT2D eigenvalue weighted by Crippen LogP contribution is 2.29. The van der Waals surface area contributed by atoms with Crippen LogP contribution in [0.25, 0.3) is 0 Å². The van der Waals surface area contributed by atoms with Crippen LogP contribution in [0.1, 0.15) is 42.9 Å². The highest BCUT2D eigenvalue weighted by molar-refractivity contribution is 5.79. The van der Waals surface area contributed by atoms with Crippen molar-refractivity contribution in [1.29, 1.82) is 0 Å². The smallest absolute Gasteiger partial charge is 0.134 e. The first-order valence-corrected chi connectivity index (χ1v) is 6.78. The van der Waals surface area contributed by atoms with Crippen molar-refractivity contribution in [2.75, 3.05) is 6.61 Å². The van der Waals surface area contributed by atoms with Crippen LogP contribution in [0.15, 0.2) is 12.1 Å². The van der Waals surface area contributed by atoms with Crippen LogP contribution in [0.4, 0.5) is 0 Å². The van der Waals surface area contributed by atoms with E-state index in [-0.39, 0.29) is 5.78 Å². The van der Waals surface area contributed by atoms with Crippen LogP contribution in [0.5, 0.6) is 5.75 Å². The Kier molecular flexibility index (Phi) is 4.05. The summed E-state index contributed by atoms with van der Waals surface area (Å²) in [5.74, 6) is 1.81. The van der Waals surface area contributed by atoms with E-state index in [2.05, 4.69) is 26.0 Å². The number of Topliss-reactive ketones (excluding diaryl/α,β-unsaturated/α-hetero) is 1. The van der Waals surface area contributed by atoms with Crippen molar-refractivity contribution in [3.8, 4) is 5.75 Å². The molecule has 0 radical (unpaired) electrons. The minimum Gasteiger partial charge on any atom is -0.493 e. The van der Waals surface area contributed by atoms with Gasteiger partial charge in [-0.2, -0.15) is 0 Å². The first-order valence-electron chi connectivity index (χ1n) is 6.78. The molecule has 2 rings (SSSR count). The molecule has 98 valence electrons. The fraction of sp³-hybridized carbons (Fsp3) is 0.562. The van der Waals surface area contributed by atoms with Gasteiger partial charge >= 0.3 is 0 Å². The van der Waals surface area contributed by atoms with Gasteiger partial charge in [-0.25, -0.2) is 0 Å². The average molecular weight is 246 g/mol. The molecular weight excluding hydrogens is 224 g/mol. The van der Waals surface area contributed by atoms with Crippen LogP contribution in [0.3, 0.4) is 0 Å². The Labute approximate surface area is 109 Å². The Morgan fingerprint density at radius 2 is 1.94 bits per heavy atom. The molecule has 0 heterocycles. The van der Waals surface area contributed by atoms with Crippen molar-refractivity contribution in [2.45, 2.75) is 46.5 Å². The summed E-state index contributed by atoms with van der Waals surface area (Å²) < 4.78 is 5.93. The van der Waals surface area contributed by atoms with E-state index in [1.54, 1.807) is 6.92 Å². The second-order valence-corrected chi connectivity index (χ2v) is 5.53. The number of aryl methyl sites for hydroxylation is 2. The molecule has 0 spiro atoms. The topological polar surface area (TPSA) is 26.3 Å². The first-order chi connectivity index (χ1) is 8.56. The third-order valence-corrected chi connectivity index (χ3v) is 3.82. The SMILES string of the molecule is CC(=O)Cc1cc(C)c(C)cc1OCC1CCC1. The monoisotopic (exact) mass is 246 g/mol. The molecule has 1 saturated carbocycles. The van der Waals surface area contributed by atoms with Gasteiger partial charge in [0.2, 0.25) is 0 Å². The lowest BCUT2D eigenvalue weighted by Gasteiger charge is -2.26. The largest absolute Gasteiger partial charge is 0.493 e. The van der Waals surface area contributed by atoms with Gasteiger partial charge in [-0.3, -0.25) is 4.79 Å². The quantitative estimate of drug-likeness (QED) is 0.793. The van der Waals surface area contributed by atoms with E-state index in [0.29, 0.717) is 6.42 Å². The highest BCUT2D eigenvalue weighted by atomic mass is 16.5. The van der Waals surface area contributed by atoms with Crippen LogP contribution < -0.4 is 4.74 Å². The Balaban J connectivity index is 2.13. The summed E-state index contributed by atoms with van der Waals surface area (Å²) in [6.45, 7) is 6.59. The number of hydrogen-bond donors (Lipinski definition) is 0. The third kappa shape index (κ3) is 3.12. The highest BCUT2D eigenvalue weighted by Gasteiger charge is 2.19. The fourth-order valence-corrected chi connectivity index (χ4v) is 2.26. The molecule has 0 amide bonds. The van der Waals surface area contributed by atoms with Gasteiger partial charge in [-0.15, -0.1) is 0 Å². The molecule has 2 heteroatoms. The summed E-state index contributed by atoms with van der Waals surface area (Å²) in [4.78, 5) is 11.3. The maximum atomic E-state index is 11.3. The number of rotatable bonds is 5. The van der Waals surface area contributed by atoms with Gasteiger partial charge in [-0.05, 0) is 56.7 Å². The molecule has 0 aliphatic heterocycles.